The Hall–Kier alpha value is -6.68. The van der Waals surface area contributed by atoms with E-state index in [1.807, 2.05) is 17.4 Å². The topological polar surface area (TPSA) is 16.4 Å². The van der Waals surface area contributed by atoms with Crippen molar-refractivity contribution in [1.29, 1.82) is 0 Å². The maximum Gasteiger partial charge on any atom is 0.143 e. The zero-order valence-corrected chi connectivity index (χ0v) is 29.5. The molecule has 9 aromatic carbocycles. The minimum absolute atomic E-state index is 0.899. The van der Waals surface area contributed by atoms with Gasteiger partial charge < -0.3 is 9.32 Å². The largest absolute Gasteiger partial charge is 0.455 e. The number of nitrogens with zero attached hydrogens (tertiary/aromatic N) is 1. The van der Waals surface area contributed by atoms with E-state index < -0.39 is 0 Å². The normalized spacial score (nSPS) is 11.8. The van der Waals surface area contributed by atoms with Crippen LogP contribution in [0, 0.1) is 0 Å². The molecule has 0 saturated carbocycles. The third-order valence-electron chi connectivity index (χ3n) is 10.7. The van der Waals surface area contributed by atoms with Crippen LogP contribution >= 0.6 is 11.3 Å². The van der Waals surface area contributed by atoms with E-state index >= 15 is 0 Å². The molecule has 2 heterocycles. The summed E-state index contributed by atoms with van der Waals surface area (Å²) in [5.41, 5.74) is 9.83. The van der Waals surface area contributed by atoms with Crippen molar-refractivity contribution >= 4 is 92.1 Å². The van der Waals surface area contributed by atoms with Crippen LogP contribution in [0.4, 0.5) is 17.1 Å². The maximum atomic E-state index is 6.48. The van der Waals surface area contributed by atoms with Gasteiger partial charge in [-0.05, 0) is 86.8 Å². The van der Waals surface area contributed by atoms with Gasteiger partial charge in [-0.25, -0.2) is 0 Å². The van der Waals surface area contributed by atoms with Crippen molar-refractivity contribution in [2.45, 2.75) is 0 Å². The minimum Gasteiger partial charge on any atom is -0.455 e. The van der Waals surface area contributed by atoms with Crippen LogP contribution < -0.4 is 4.90 Å². The van der Waals surface area contributed by atoms with Gasteiger partial charge in [0.1, 0.15) is 11.2 Å². The minimum atomic E-state index is 0.899. The molecule has 2 nitrogen and oxygen atoms in total. The average Bonchev–Trinajstić information content (AvgIpc) is 3.80. The standard InChI is InChI=1S/C50H31NOS/c1-2-10-33(11-3-1)41-15-8-16-43-45-31-35(24-29-47(45)52-49(41)43)32-22-25-37(26-23-32)51(46-18-9-17-44-42-14-6-7-19-48(42)53-50(44)46)38-27-28-40-36(30-38)21-20-34-12-4-5-13-39(34)40/h1-31H. The Labute approximate surface area is 310 Å². The van der Waals surface area contributed by atoms with Crippen LogP contribution in [-0.4, -0.2) is 0 Å². The molecule has 53 heavy (non-hydrogen) atoms. The number of hydrogen-bond donors (Lipinski definition) is 0. The SMILES string of the molecule is c1ccc(-c2cccc3c2oc2ccc(-c4ccc(N(c5ccc6c(ccc7ccccc76)c5)c5cccc6c5sc5ccccc56)cc4)cc23)cc1. The number of rotatable bonds is 5. The summed E-state index contributed by atoms with van der Waals surface area (Å²) in [7, 11) is 0. The number of fused-ring (bicyclic) bond motifs is 9. The van der Waals surface area contributed by atoms with Crippen molar-refractivity contribution in [3.63, 3.8) is 0 Å². The molecule has 0 unspecified atom stereocenters. The molecule has 0 atom stereocenters. The lowest BCUT2D eigenvalue weighted by atomic mass is 9.99. The molecule has 0 amide bonds. The average molecular weight is 694 g/mol. The van der Waals surface area contributed by atoms with Crippen molar-refractivity contribution in [1.82, 2.24) is 0 Å². The van der Waals surface area contributed by atoms with Gasteiger partial charge in [0.25, 0.3) is 0 Å². The molecule has 0 saturated heterocycles. The molecule has 0 aliphatic heterocycles. The van der Waals surface area contributed by atoms with Crippen molar-refractivity contribution in [2.24, 2.45) is 0 Å². The highest BCUT2D eigenvalue weighted by atomic mass is 32.1. The van der Waals surface area contributed by atoms with Crippen LogP contribution in [0.3, 0.4) is 0 Å². The van der Waals surface area contributed by atoms with E-state index in [0.29, 0.717) is 0 Å². The summed E-state index contributed by atoms with van der Waals surface area (Å²) < 4.78 is 9.06. The van der Waals surface area contributed by atoms with E-state index in [4.69, 9.17) is 4.42 Å². The summed E-state index contributed by atoms with van der Waals surface area (Å²) in [5.74, 6) is 0. The first-order valence-electron chi connectivity index (χ1n) is 18.0. The second-order valence-electron chi connectivity index (χ2n) is 13.7. The van der Waals surface area contributed by atoms with E-state index in [9.17, 15) is 0 Å². The molecule has 0 radical (unpaired) electrons. The summed E-state index contributed by atoms with van der Waals surface area (Å²) in [5, 5.41) is 9.86. The van der Waals surface area contributed by atoms with Crippen LogP contribution in [0.5, 0.6) is 0 Å². The predicted molar refractivity (Wildman–Crippen MR) is 227 cm³/mol. The number of benzene rings is 9. The lowest BCUT2D eigenvalue weighted by Crippen LogP contribution is -2.10. The summed E-state index contributed by atoms with van der Waals surface area (Å²) in [6.07, 6.45) is 0. The highest BCUT2D eigenvalue weighted by molar-refractivity contribution is 7.26. The van der Waals surface area contributed by atoms with Crippen LogP contribution in [0.25, 0.3) is 85.9 Å². The van der Waals surface area contributed by atoms with Gasteiger partial charge in [-0.2, -0.15) is 0 Å². The quantitative estimate of drug-likeness (QED) is 0.167. The molecule has 2 aromatic heterocycles. The van der Waals surface area contributed by atoms with E-state index in [-0.39, 0.29) is 0 Å². The summed E-state index contributed by atoms with van der Waals surface area (Å²) in [4.78, 5) is 2.42. The van der Waals surface area contributed by atoms with Gasteiger partial charge in [0.15, 0.2) is 0 Å². The van der Waals surface area contributed by atoms with Gasteiger partial charge in [-0.15, -0.1) is 11.3 Å². The molecule has 11 rings (SSSR count). The van der Waals surface area contributed by atoms with E-state index in [1.54, 1.807) is 0 Å². The van der Waals surface area contributed by atoms with Gasteiger partial charge in [0, 0.05) is 43.2 Å². The Morgan fingerprint density at radius 3 is 2.00 bits per heavy atom. The van der Waals surface area contributed by atoms with Gasteiger partial charge in [-0.3, -0.25) is 0 Å². The van der Waals surface area contributed by atoms with Gasteiger partial charge in [-0.1, -0.05) is 140 Å². The molecular weight excluding hydrogens is 663 g/mol. The fourth-order valence-electron chi connectivity index (χ4n) is 8.10. The second-order valence-corrected chi connectivity index (χ2v) is 14.7. The third-order valence-corrected chi connectivity index (χ3v) is 11.9. The van der Waals surface area contributed by atoms with Crippen molar-refractivity contribution in [3.05, 3.63) is 188 Å². The first-order valence-corrected chi connectivity index (χ1v) is 18.8. The lowest BCUT2D eigenvalue weighted by molar-refractivity contribution is 0.670. The van der Waals surface area contributed by atoms with Gasteiger partial charge in [0.2, 0.25) is 0 Å². The van der Waals surface area contributed by atoms with E-state index in [2.05, 4.69) is 187 Å². The highest BCUT2D eigenvalue weighted by Crippen LogP contribution is 2.46. The Balaban J connectivity index is 1.05. The Morgan fingerprint density at radius 2 is 1.09 bits per heavy atom. The van der Waals surface area contributed by atoms with Crippen LogP contribution in [0.1, 0.15) is 0 Å². The van der Waals surface area contributed by atoms with E-state index in [0.717, 1.165) is 55.6 Å². The molecule has 0 spiro atoms. The molecule has 0 bridgehead atoms. The number of hydrogen-bond acceptors (Lipinski definition) is 3. The zero-order valence-electron chi connectivity index (χ0n) is 28.7. The zero-order chi connectivity index (χ0) is 34.9. The predicted octanol–water partition coefficient (Wildman–Crippen LogP) is 15.1. The van der Waals surface area contributed by atoms with E-state index in [1.165, 1.54) is 47.4 Å². The van der Waals surface area contributed by atoms with Crippen molar-refractivity contribution in [2.75, 3.05) is 4.90 Å². The Bertz CT molecular complexity index is 3170. The number of furan rings is 1. The summed E-state index contributed by atoms with van der Waals surface area (Å²) >= 11 is 1.86. The number of para-hydroxylation sites is 1. The fourth-order valence-corrected chi connectivity index (χ4v) is 9.31. The monoisotopic (exact) mass is 693 g/mol. The molecule has 11 aromatic rings. The van der Waals surface area contributed by atoms with Crippen molar-refractivity contribution in [3.8, 4) is 22.3 Å². The third kappa shape index (κ3) is 4.86. The Kier molecular flexibility index (Phi) is 6.76. The smallest absolute Gasteiger partial charge is 0.143 e. The lowest BCUT2D eigenvalue weighted by Gasteiger charge is -2.27. The molecule has 3 heteroatoms. The molecule has 0 aliphatic rings. The van der Waals surface area contributed by atoms with Crippen LogP contribution in [-0.2, 0) is 0 Å². The number of thiophene rings is 1. The Morgan fingerprint density at radius 1 is 0.396 bits per heavy atom. The second kappa shape index (κ2) is 11.9. The molecule has 0 fully saturated rings. The molecule has 0 aliphatic carbocycles. The molecule has 0 N–H and O–H groups in total. The molecule has 248 valence electrons. The number of anilines is 3. The summed E-state index contributed by atoms with van der Waals surface area (Å²) in [6, 6.07) is 68.0. The van der Waals surface area contributed by atoms with Gasteiger partial charge in [0.05, 0.1) is 10.4 Å². The molecular formula is C50H31NOS. The fraction of sp³-hybridized carbons (Fsp3) is 0. The van der Waals surface area contributed by atoms with Crippen LogP contribution in [0.2, 0.25) is 0 Å². The highest BCUT2D eigenvalue weighted by Gasteiger charge is 2.19. The first-order chi connectivity index (χ1) is 26.3. The van der Waals surface area contributed by atoms with Crippen molar-refractivity contribution < 1.29 is 4.42 Å². The van der Waals surface area contributed by atoms with Gasteiger partial charge >= 0.3 is 0 Å². The first kappa shape index (κ1) is 30.0. The maximum absolute atomic E-state index is 6.48. The summed E-state index contributed by atoms with van der Waals surface area (Å²) in [6.45, 7) is 0. The van der Waals surface area contributed by atoms with Crippen LogP contribution in [0.15, 0.2) is 192 Å².